The maximum absolute atomic E-state index is 15.4. The monoisotopic (exact) mass is 639 g/mol. The topological polar surface area (TPSA) is 109 Å². The van der Waals surface area contributed by atoms with Crippen LogP contribution in [0.3, 0.4) is 0 Å². The molecule has 3 heterocycles. The van der Waals surface area contributed by atoms with Gasteiger partial charge in [0.05, 0.1) is 36.2 Å². The number of aromatic nitrogens is 2. The molecule has 10 heteroatoms. The number of hydrogen-bond donors (Lipinski definition) is 3. The first kappa shape index (κ1) is 31.3. The van der Waals surface area contributed by atoms with Gasteiger partial charge in [-0.2, -0.15) is 5.10 Å². The molecule has 7 rings (SSSR count). The van der Waals surface area contributed by atoms with Crippen molar-refractivity contribution in [1.29, 1.82) is 0 Å². The average Bonchev–Trinajstić information content (AvgIpc) is 3.71. The summed E-state index contributed by atoms with van der Waals surface area (Å²) < 4.78 is 22.6. The lowest BCUT2D eigenvalue weighted by atomic mass is 9.76. The van der Waals surface area contributed by atoms with Gasteiger partial charge in [0, 0.05) is 48.3 Å². The number of amides is 2. The number of carbonyl (C=O) groups is 2. The molecule has 9 nitrogen and oxygen atoms in total. The maximum atomic E-state index is 15.4. The SMILES string of the molecule is Cc1cccc(F)c1C(=O)N1C2CCCC2CC(C(=O)Nc2ccc3nn(CCO)cc3c2)[C@@H]1c1ccc(NC2CCOCC2)cc1. The van der Waals surface area contributed by atoms with E-state index in [-0.39, 0.29) is 35.9 Å². The molecule has 0 spiro atoms. The van der Waals surface area contributed by atoms with Crippen LogP contribution in [0.1, 0.15) is 66.1 Å². The molecule has 47 heavy (non-hydrogen) atoms. The zero-order chi connectivity index (χ0) is 32.5. The number of ether oxygens (including phenoxy) is 1. The van der Waals surface area contributed by atoms with E-state index in [2.05, 4.69) is 15.7 Å². The van der Waals surface area contributed by atoms with E-state index < -0.39 is 17.8 Å². The van der Waals surface area contributed by atoms with Crippen LogP contribution in [0, 0.1) is 24.6 Å². The molecule has 3 aromatic carbocycles. The lowest BCUT2D eigenvalue weighted by molar-refractivity contribution is -0.125. The van der Waals surface area contributed by atoms with Crippen molar-refractivity contribution in [2.24, 2.45) is 11.8 Å². The summed E-state index contributed by atoms with van der Waals surface area (Å²) in [4.78, 5) is 30.7. The van der Waals surface area contributed by atoms with Crippen molar-refractivity contribution in [3.63, 3.8) is 0 Å². The van der Waals surface area contributed by atoms with Gasteiger partial charge >= 0.3 is 0 Å². The van der Waals surface area contributed by atoms with Crippen LogP contribution in [0.15, 0.2) is 66.9 Å². The van der Waals surface area contributed by atoms with E-state index in [4.69, 9.17) is 4.74 Å². The molecule has 0 bridgehead atoms. The second-order valence-corrected chi connectivity index (χ2v) is 13.2. The van der Waals surface area contributed by atoms with Crippen molar-refractivity contribution in [3.05, 3.63) is 89.4 Å². The summed E-state index contributed by atoms with van der Waals surface area (Å²) in [6.07, 6.45) is 7.07. The predicted molar refractivity (Wildman–Crippen MR) is 179 cm³/mol. The van der Waals surface area contributed by atoms with E-state index in [0.29, 0.717) is 30.3 Å². The van der Waals surface area contributed by atoms with E-state index >= 15 is 4.39 Å². The highest BCUT2D eigenvalue weighted by Crippen LogP contribution is 2.49. The Kier molecular flexibility index (Phi) is 8.96. The minimum atomic E-state index is -0.575. The number of halogens is 1. The summed E-state index contributed by atoms with van der Waals surface area (Å²) in [5, 5.41) is 21.4. The number of anilines is 2. The minimum Gasteiger partial charge on any atom is -0.394 e. The first-order valence-electron chi connectivity index (χ1n) is 16.8. The number of aliphatic hydroxyl groups excluding tert-OH is 1. The van der Waals surface area contributed by atoms with Crippen LogP contribution in [0.5, 0.6) is 0 Å². The number of fused-ring (bicyclic) bond motifs is 2. The van der Waals surface area contributed by atoms with Crippen LogP contribution in [0.2, 0.25) is 0 Å². The van der Waals surface area contributed by atoms with E-state index in [1.165, 1.54) is 6.07 Å². The molecular formula is C37H42FN5O4. The summed E-state index contributed by atoms with van der Waals surface area (Å²) in [6, 6.07) is 18.0. The zero-order valence-electron chi connectivity index (χ0n) is 26.7. The Hall–Kier alpha value is -4.28. The third-order valence-corrected chi connectivity index (χ3v) is 10.2. The van der Waals surface area contributed by atoms with E-state index in [9.17, 15) is 14.7 Å². The molecule has 2 amide bonds. The van der Waals surface area contributed by atoms with Crippen LogP contribution in [-0.2, 0) is 16.1 Å². The smallest absolute Gasteiger partial charge is 0.257 e. The zero-order valence-corrected chi connectivity index (χ0v) is 26.7. The standard InChI is InChI=1S/C37H42FN5O4/c1-23-4-2-6-31(38)34(23)37(46)43-33-7-3-5-25(33)21-30(35(43)24-8-10-27(11-9-24)39-28-14-18-47-19-15-28)36(45)40-29-12-13-32-26(20-29)22-42(41-32)16-17-44/h2,4,6,8-13,20,22,25,28,30,33,35,39,44H,3,5,7,14-19,21H2,1H3,(H,40,45)/t25?,30?,33?,35-/m0/s1. The van der Waals surface area contributed by atoms with Crippen molar-refractivity contribution in [2.45, 2.75) is 70.1 Å². The quantitative estimate of drug-likeness (QED) is 0.216. The van der Waals surface area contributed by atoms with Crippen LogP contribution in [-0.4, -0.2) is 63.5 Å². The molecule has 3 aliphatic rings. The Morgan fingerprint density at radius 3 is 2.57 bits per heavy atom. The lowest BCUT2D eigenvalue weighted by Gasteiger charge is -2.48. The van der Waals surface area contributed by atoms with Gasteiger partial charge in [0.2, 0.25) is 5.91 Å². The second kappa shape index (κ2) is 13.4. The predicted octanol–water partition coefficient (Wildman–Crippen LogP) is 6.08. The van der Waals surface area contributed by atoms with Crippen molar-refractivity contribution < 1.29 is 23.8 Å². The van der Waals surface area contributed by atoms with Crippen molar-refractivity contribution in [3.8, 4) is 0 Å². The van der Waals surface area contributed by atoms with Gasteiger partial charge in [0.15, 0.2) is 0 Å². The molecule has 1 aromatic heterocycles. The van der Waals surface area contributed by atoms with Gasteiger partial charge < -0.3 is 25.4 Å². The Balaban J connectivity index is 1.24. The van der Waals surface area contributed by atoms with Gasteiger partial charge in [-0.3, -0.25) is 14.3 Å². The van der Waals surface area contributed by atoms with E-state index in [1.807, 2.05) is 53.6 Å². The molecule has 246 valence electrons. The molecule has 4 aromatic rings. The van der Waals surface area contributed by atoms with Crippen molar-refractivity contribution in [1.82, 2.24) is 14.7 Å². The normalized spacial score (nSPS) is 23.1. The van der Waals surface area contributed by atoms with Crippen molar-refractivity contribution >= 4 is 34.1 Å². The number of rotatable bonds is 8. The van der Waals surface area contributed by atoms with E-state index in [0.717, 1.165) is 67.5 Å². The molecule has 2 saturated heterocycles. The first-order chi connectivity index (χ1) is 22.9. The molecular weight excluding hydrogens is 597 g/mol. The highest BCUT2D eigenvalue weighted by atomic mass is 19.1. The molecule has 4 atom stereocenters. The highest BCUT2D eigenvalue weighted by Gasteiger charge is 2.50. The third-order valence-electron chi connectivity index (χ3n) is 10.2. The van der Waals surface area contributed by atoms with Crippen LogP contribution in [0.4, 0.5) is 15.8 Å². The summed E-state index contributed by atoms with van der Waals surface area (Å²) >= 11 is 0. The third kappa shape index (κ3) is 6.36. The first-order valence-corrected chi connectivity index (χ1v) is 16.8. The number of likely N-dealkylation sites (tertiary alicyclic amines) is 1. The van der Waals surface area contributed by atoms with Gasteiger partial charge in [-0.05, 0) is 92.5 Å². The summed E-state index contributed by atoms with van der Waals surface area (Å²) in [6.45, 7) is 3.61. The average molecular weight is 640 g/mol. The molecule has 3 fully saturated rings. The fraction of sp³-hybridized carbons (Fsp3) is 0.432. The number of aryl methyl sites for hydroxylation is 1. The Morgan fingerprint density at radius 1 is 1.02 bits per heavy atom. The van der Waals surface area contributed by atoms with Crippen LogP contribution < -0.4 is 10.6 Å². The number of benzene rings is 3. The number of aliphatic hydroxyl groups is 1. The van der Waals surface area contributed by atoms with Gasteiger partial charge in [-0.25, -0.2) is 4.39 Å². The Morgan fingerprint density at radius 2 is 1.81 bits per heavy atom. The maximum Gasteiger partial charge on any atom is 0.257 e. The number of nitrogens with zero attached hydrogens (tertiary/aromatic N) is 3. The van der Waals surface area contributed by atoms with Gasteiger partial charge in [-0.1, -0.05) is 30.7 Å². The second-order valence-electron chi connectivity index (χ2n) is 13.2. The van der Waals surface area contributed by atoms with Crippen LogP contribution in [0.25, 0.3) is 10.9 Å². The van der Waals surface area contributed by atoms with E-state index in [1.54, 1.807) is 23.7 Å². The summed E-state index contributed by atoms with van der Waals surface area (Å²) in [5.74, 6) is -1.47. The number of carbonyl (C=O) groups excluding carboxylic acids is 2. The molecule has 1 saturated carbocycles. The Bertz CT molecular complexity index is 1730. The van der Waals surface area contributed by atoms with Gasteiger partial charge in [0.1, 0.15) is 5.82 Å². The molecule has 1 aliphatic carbocycles. The van der Waals surface area contributed by atoms with Crippen LogP contribution >= 0.6 is 0 Å². The Labute approximate surface area is 274 Å². The fourth-order valence-corrected chi connectivity index (χ4v) is 7.93. The van der Waals surface area contributed by atoms with Crippen molar-refractivity contribution in [2.75, 3.05) is 30.5 Å². The lowest BCUT2D eigenvalue weighted by Crippen LogP contribution is -2.54. The minimum absolute atomic E-state index is 0.0168. The molecule has 2 aliphatic heterocycles. The molecule has 3 unspecified atom stereocenters. The highest BCUT2D eigenvalue weighted by molar-refractivity contribution is 5.99. The molecule has 3 N–H and O–H groups in total. The fourth-order valence-electron chi connectivity index (χ4n) is 7.93. The van der Waals surface area contributed by atoms with Gasteiger partial charge in [-0.15, -0.1) is 0 Å². The number of piperidine rings is 1. The summed E-state index contributed by atoms with van der Waals surface area (Å²) in [5.41, 5.74) is 3.91. The largest absolute Gasteiger partial charge is 0.394 e. The van der Waals surface area contributed by atoms with Gasteiger partial charge in [0.25, 0.3) is 5.91 Å². The summed E-state index contributed by atoms with van der Waals surface area (Å²) in [7, 11) is 0. The number of hydrogen-bond acceptors (Lipinski definition) is 6. The number of nitrogens with one attached hydrogen (secondary N) is 2. The molecule has 0 radical (unpaired) electrons.